The van der Waals surface area contributed by atoms with Crippen molar-refractivity contribution < 1.29 is 8.42 Å². The van der Waals surface area contributed by atoms with Gasteiger partial charge in [-0.25, -0.2) is 8.42 Å². The van der Waals surface area contributed by atoms with E-state index in [4.69, 9.17) is 0 Å². The Labute approximate surface area is 123 Å². The fourth-order valence-corrected chi connectivity index (χ4v) is 3.91. The van der Waals surface area contributed by atoms with Crippen LogP contribution in [0.5, 0.6) is 0 Å². The number of nitrogens with one attached hydrogen (secondary N) is 1. The first kappa shape index (κ1) is 17.1. The van der Waals surface area contributed by atoms with Gasteiger partial charge in [0.15, 0.2) is 0 Å². The van der Waals surface area contributed by atoms with Crippen LogP contribution in [0.2, 0.25) is 0 Å². The summed E-state index contributed by atoms with van der Waals surface area (Å²) < 4.78 is 27.0. The van der Waals surface area contributed by atoms with Crippen molar-refractivity contribution in [3.63, 3.8) is 0 Å². The number of hydrogen-bond acceptors (Lipinski definition) is 3. The average molecular weight is 298 g/mol. The van der Waals surface area contributed by atoms with Crippen LogP contribution in [0.25, 0.3) is 0 Å². The molecule has 0 radical (unpaired) electrons. The first-order valence-electron chi connectivity index (χ1n) is 7.01. The molecule has 1 rings (SSSR count). The third-order valence-electron chi connectivity index (χ3n) is 3.43. The normalized spacial score (nSPS) is 13.9. The molecule has 1 N–H and O–H groups in total. The van der Waals surface area contributed by atoms with Crippen LogP contribution in [-0.2, 0) is 16.6 Å². The summed E-state index contributed by atoms with van der Waals surface area (Å²) in [4.78, 5) is 0.396. The van der Waals surface area contributed by atoms with Crippen LogP contribution in [0.15, 0.2) is 29.2 Å². The molecule has 0 fully saturated rings. The molecular weight excluding hydrogens is 272 g/mol. The lowest BCUT2D eigenvalue weighted by atomic mass is 10.1. The smallest absolute Gasteiger partial charge is 0.243 e. The second kappa shape index (κ2) is 7.20. The van der Waals surface area contributed by atoms with E-state index in [2.05, 4.69) is 19.2 Å². The zero-order valence-electron chi connectivity index (χ0n) is 13.1. The number of benzene rings is 1. The molecule has 0 heterocycles. The first-order chi connectivity index (χ1) is 9.30. The molecular formula is C15H26N2O2S. The zero-order valence-corrected chi connectivity index (χ0v) is 13.9. The maximum atomic E-state index is 12.7. The van der Waals surface area contributed by atoms with Crippen LogP contribution in [0, 0.1) is 5.92 Å². The standard InChI is InChI=1S/C15H26N2O2S/c1-12(2)10-13(3)17(5)20(18,19)15-9-7-6-8-14(15)11-16-4/h6-9,12-13,16H,10-11H2,1-5H3. The maximum Gasteiger partial charge on any atom is 0.243 e. The minimum absolute atomic E-state index is 0.0114. The summed E-state index contributed by atoms with van der Waals surface area (Å²) in [5.74, 6) is 0.468. The quantitative estimate of drug-likeness (QED) is 0.841. The lowest BCUT2D eigenvalue weighted by molar-refractivity contribution is 0.337. The molecule has 20 heavy (non-hydrogen) atoms. The van der Waals surface area contributed by atoms with E-state index in [1.807, 2.05) is 26.1 Å². The Kier molecular flexibility index (Phi) is 6.17. The fraction of sp³-hybridized carbons (Fsp3) is 0.600. The van der Waals surface area contributed by atoms with E-state index in [1.54, 1.807) is 19.2 Å². The Bertz CT molecular complexity index is 526. The van der Waals surface area contributed by atoms with Crippen molar-refractivity contribution in [1.29, 1.82) is 0 Å². The van der Waals surface area contributed by atoms with Crippen molar-refractivity contribution in [1.82, 2.24) is 9.62 Å². The molecule has 0 saturated heterocycles. The van der Waals surface area contributed by atoms with E-state index in [0.717, 1.165) is 12.0 Å². The molecule has 1 atom stereocenters. The molecule has 0 aliphatic heterocycles. The lowest BCUT2D eigenvalue weighted by Crippen LogP contribution is -2.36. The topological polar surface area (TPSA) is 49.4 Å². The van der Waals surface area contributed by atoms with Crippen molar-refractivity contribution in [3.05, 3.63) is 29.8 Å². The second-order valence-electron chi connectivity index (χ2n) is 5.64. The third kappa shape index (κ3) is 4.04. The van der Waals surface area contributed by atoms with Gasteiger partial charge in [0, 0.05) is 19.6 Å². The lowest BCUT2D eigenvalue weighted by Gasteiger charge is -2.26. The molecule has 0 aliphatic carbocycles. The zero-order chi connectivity index (χ0) is 15.3. The first-order valence-corrected chi connectivity index (χ1v) is 8.45. The molecule has 0 spiro atoms. The predicted octanol–water partition coefficient (Wildman–Crippen LogP) is 2.46. The number of hydrogen-bond donors (Lipinski definition) is 1. The van der Waals surface area contributed by atoms with Crippen molar-refractivity contribution in [2.75, 3.05) is 14.1 Å². The molecule has 1 unspecified atom stereocenters. The van der Waals surface area contributed by atoms with Gasteiger partial charge in [0.25, 0.3) is 0 Å². The van der Waals surface area contributed by atoms with E-state index in [0.29, 0.717) is 17.4 Å². The highest BCUT2D eigenvalue weighted by molar-refractivity contribution is 7.89. The third-order valence-corrected chi connectivity index (χ3v) is 5.50. The Balaban J connectivity index is 3.10. The van der Waals surface area contributed by atoms with Gasteiger partial charge in [0.05, 0.1) is 4.90 Å². The van der Waals surface area contributed by atoms with Gasteiger partial charge in [-0.05, 0) is 37.9 Å². The molecule has 1 aromatic rings. The Morgan fingerprint density at radius 1 is 1.20 bits per heavy atom. The molecule has 0 aromatic heterocycles. The predicted molar refractivity (Wildman–Crippen MR) is 83.1 cm³/mol. The van der Waals surface area contributed by atoms with Crippen molar-refractivity contribution in [2.45, 2.75) is 44.7 Å². The van der Waals surface area contributed by atoms with Gasteiger partial charge in [-0.15, -0.1) is 0 Å². The Hall–Kier alpha value is -0.910. The van der Waals surface area contributed by atoms with Gasteiger partial charge in [0.1, 0.15) is 0 Å². The van der Waals surface area contributed by atoms with Gasteiger partial charge in [-0.1, -0.05) is 32.0 Å². The summed E-state index contributed by atoms with van der Waals surface area (Å²) in [6.07, 6.45) is 0.851. The maximum absolute atomic E-state index is 12.7. The minimum Gasteiger partial charge on any atom is -0.316 e. The van der Waals surface area contributed by atoms with Crippen molar-refractivity contribution in [3.8, 4) is 0 Å². The van der Waals surface area contributed by atoms with Crippen molar-refractivity contribution in [2.24, 2.45) is 5.92 Å². The molecule has 0 bridgehead atoms. The van der Waals surface area contributed by atoms with Gasteiger partial charge in [-0.3, -0.25) is 0 Å². The van der Waals surface area contributed by atoms with Crippen LogP contribution in [0.1, 0.15) is 32.8 Å². The van der Waals surface area contributed by atoms with Crippen LogP contribution < -0.4 is 5.32 Å². The van der Waals surface area contributed by atoms with Crippen LogP contribution in [0.3, 0.4) is 0 Å². The van der Waals surface area contributed by atoms with E-state index >= 15 is 0 Å². The SMILES string of the molecule is CNCc1ccccc1S(=O)(=O)N(C)C(C)CC(C)C. The van der Waals surface area contributed by atoms with Crippen LogP contribution in [0.4, 0.5) is 0 Å². The Morgan fingerprint density at radius 2 is 1.80 bits per heavy atom. The van der Waals surface area contributed by atoms with E-state index in [-0.39, 0.29) is 6.04 Å². The fourth-order valence-electron chi connectivity index (χ4n) is 2.31. The summed E-state index contributed by atoms with van der Waals surface area (Å²) in [7, 11) is 0.0358. The molecule has 114 valence electrons. The second-order valence-corrected chi connectivity index (χ2v) is 7.60. The largest absolute Gasteiger partial charge is 0.316 e. The summed E-state index contributed by atoms with van der Waals surface area (Å²) >= 11 is 0. The van der Waals surface area contributed by atoms with Gasteiger partial charge in [-0.2, -0.15) is 4.31 Å². The summed E-state index contributed by atoms with van der Waals surface area (Å²) in [5, 5.41) is 3.01. The monoisotopic (exact) mass is 298 g/mol. The van der Waals surface area contributed by atoms with E-state index < -0.39 is 10.0 Å². The molecule has 5 heteroatoms. The molecule has 4 nitrogen and oxygen atoms in total. The number of rotatable bonds is 7. The molecule has 1 aromatic carbocycles. The van der Waals surface area contributed by atoms with Gasteiger partial charge < -0.3 is 5.32 Å². The highest BCUT2D eigenvalue weighted by Gasteiger charge is 2.27. The Morgan fingerprint density at radius 3 is 2.35 bits per heavy atom. The minimum atomic E-state index is -3.44. The van der Waals surface area contributed by atoms with E-state index in [1.165, 1.54) is 4.31 Å². The summed E-state index contributed by atoms with van der Waals surface area (Å²) in [5.41, 5.74) is 0.804. The van der Waals surface area contributed by atoms with Gasteiger partial charge >= 0.3 is 0 Å². The van der Waals surface area contributed by atoms with Crippen LogP contribution >= 0.6 is 0 Å². The van der Waals surface area contributed by atoms with Gasteiger partial charge in [0.2, 0.25) is 10.0 Å². The molecule has 0 aliphatic rings. The van der Waals surface area contributed by atoms with Crippen molar-refractivity contribution >= 4 is 10.0 Å². The highest BCUT2D eigenvalue weighted by atomic mass is 32.2. The number of sulfonamides is 1. The molecule has 0 saturated carbocycles. The highest BCUT2D eigenvalue weighted by Crippen LogP contribution is 2.22. The van der Waals surface area contributed by atoms with Crippen LogP contribution in [-0.4, -0.2) is 32.9 Å². The summed E-state index contributed by atoms with van der Waals surface area (Å²) in [6.45, 7) is 6.71. The van der Waals surface area contributed by atoms with E-state index in [9.17, 15) is 8.42 Å². The molecule has 0 amide bonds. The number of nitrogens with zero attached hydrogens (tertiary/aromatic N) is 1. The summed E-state index contributed by atoms with van der Waals surface area (Å²) in [6, 6.07) is 7.16. The average Bonchev–Trinajstić information content (AvgIpc) is 2.37.